The average molecular weight is 474 g/mol. The van der Waals surface area contributed by atoms with Crippen molar-refractivity contribution in [1.82, 2.24) is 8.87 Å². The highest BCUT2D eigenvalue weighted by Gasteiger charge is 2.32. The van der Waals surface area contributed by atoms with Crippen molar-refractivity contribution in [3.8, 4) is 0 Å². The highest BCUT2D eigenvalue weighted by molar-refractivity contribution is 7.89. The van der Waals surface area contributed by atoms with Gasteiger partial charge in [-0.05, 0) is 69.7 Å². The first-order chi connectivity index (χ1) is 15.2. The number of hydrogen-bond acceptors (Lipinski definition) is 5. The number of thiazole rings is 1. The smallest absolute Gasteiger partial charge is 0.279 e. The van der Waals surface area contributed by atoms with E-state index in [0.29, 0.717) is 30.0 Å². The van der Waals surface area contributed by atoms with Crippen LogP contribution in [0.1, 0.15) is 36.7 Å². The van der Waals surface area contributed by atoms with Crippen LogP contribution in [0.15, 0.2) is 52.4 Å². The van der Waals surface area contributed by atoms with Crippen LogP contribution in [0, 0.1) is 6.92 Å². The van der Waals surface area contributed by atoms with Crippen molar-refractivity contribution in [1.29, 1.82) is 0 Å². The molecule has 2 aromatic carbocycles. The summed E-state index contributed by atoms with van der Waals surface area (Å²) in [7, 11) is -3.65. The molecule has 1 saturated heterocycles. The number of ether oxygens (including phenoxy) is 1. The van der Waals surface area contributed by atoms with E-state index in [2.05, 4.69) is 11.1 Å². The van der Waals surface area contributed by atoms with Crippen LogP contribution in [-0.2, 0) is 21.3 Å². The average Bonchev–Trinajstić information content (AvgIpc) is 3.08. The lowest BCUT2D eigenvalue weighted by molar-refractivity contribution is -0.0440. The fourth-order valence-corrected chi connectivity index (χ4v) is 6.75. The first-order valence-corrected chi connectivity index (χ1v) is 12.9. The van der Waals surface area contributed by atoms with E-state index < -0.39 is 15.9 Å². The number of rotatable bonds is 4. The molecule has 1 aliphatic rings. The minimum Gasteiger partial charge on any atom is -0.373 e. The van der Waals surface area contributed by atoms with E-state index in [9.17, 15) is 13.2 Å². The minimum atomic E-state index is -3.65. The maximum Gasteiger partial charge on any atom is 0.279 e. The first-order valence-electron chi connectivity index (χ1n) is 10.6. The van der Waals surface area contributed by atoms with Crippen molar-refractivity contribution in [2.45, 2.75) is 51.3 Å². The lowest BCUT2D eigenvalue weighted by atomic mass is 10.2. The predicted octanol–water partition coefficient (Wildman–Crippen LogP) is 3.57. The van der Waals surface area contributed by atoms with Crippen LogP contribution >= 0.6 is 11.3 Å². The first kappa shape index (κ1) is 22.8. The molecule has 7 nitrogen and oxygen atoms in total. The molecule has 0 N–H and O–H groups in total. The van der Waals surface area contributed by atoms with Crippen LogP contribution in [0.5, 0.6) is 0 Å². The molecule has 0 bridgehead atoms. The standard InChI is InChI=1S/C23H27N3O4S2/c1-5-26-20-11-6-15(2)12-21(20)31-23(26)24-22(27)18-7-9-19(10-8-18)32(28,29)25-13-16(3)30-17(4)14-25/h6-12,16-17H,5,13-14H2,1-4H3/t16-,17-/m0/s1. The van der Waals surface area contributed by atoms with Crippen LogP contribution in [0.4, 0.5) is 0 Å². The third kappa shape index (κ3) is 4.43. The summed E-state index contributed by atoms with van der Waals surface area (Å²) in [4.78, 5) is 18.0. The van der Waals surface area contributed by atoms with Crippen LogP contribution in [-0.4, -0.2) is 48.5 Å². The van der Waals surface area contributed by atoms with Crippen LogP contribution < -0.4 is 4.80 Å². The molecule has 1 fully saturated rings. The van der Waals surface area contributed by atoms with Crippen molar-refractivity contribution in [2.24, 2.45) is 4.99 Å². The highest BCUT2D eigenvalue weighted by atomic mass is 32.2. The van der Waals surface area contributed by atoms with Crippen molar-refractivity contribution in [3.05, 3.63) is 58.4 Å². The molecule has 3 aromatic rings. The zero-order valence-electron chi connectivity index (χ0n) is 18.6. The SMILES string of the molecule is CCn1c(=NC(=O)c2ccc(S(=O)(=O)N3C[C@H](C)O[C@@H](C)C3)cc2)sc2cc(C)ccc21. The monoisotopic (exact) mass is 473 g/mol. The number of morpholine rings is 1. The van der Waals surface area contributed by atoms with E-state index in [0.717, 1.165) is 15.8 Å². The summed E-state index contributed by atoms with van der Waals surface area (Å²) in [6.45, 7) is 9.09. The van der Waals surface area contributed by atoms with E-state index in [1.54, 1.807) is 0 Å². The molecule has 9 heteroatoms. The number of benzene rings is 2. The Morgan fingerprint density at radius 1 is 1.12 bits per heavy atom. The van der Waals surface area contributed by atoms with Crippen molar-refractivity contribution < 1.29 is 17.9 Å². The van der Waals surface area contributed by atoms with Gasteiger partial charge in [-0.1, -0.05) is 17.4 Å². The van der Waals surface area contributed by atoms with Gasteiger partial charge in [0.2, 0.25) is 10.0 Å². The molecule has 2 atom stereocenters. The van der Waals surface area contributed by atoms with Gasteiger partial charge in [0.05, 0.1) is 27.3 Å². The molecule has 0 aliphatic carbocycles. The molecule has 2 heterocycles. The lowest BCUT2D eigenvalue weighted by Crippen LogP contribution is -2.48. The maximum atomic E-state index is 13.0. The number of amides is 1. The third-order valence-corrected chi connectivity index (χ3v) is 8.36. The highest BCUT2D eigenvalue weighted by Crippen LogP contribution is 2.22. The molecule has 32 heavy (non-hydrogen) atoms. The number of hydrogen-bond donors (Lipinski definition) is 0. The molecule has 0 radical (unpaired) electrons. The van der Waals surface area contributed by atoms with E-state index >= 15 is 0 Å². The summed E-state index contributed by atoms with van der Waals surface area (Å²) in [6, 6.07) is 12.2. The minimum absolute atomic E-state index is 0.163. The van der Waals surface area contributed by atoms with E-state index in [-0.39, 0.29) is 17.1 Å². The van der Waals surface area contributed by atoms with E-state index in [1.165, 1.54) is 39.9 Å². The molecule has 0 unspecified atom stereocenters. The fraction of sp³-hybridized carbons (Fsp3) is 0.391. The second kappa shape index (κ2) is 8.90. The Labute approximate surface area is 192 Å². The van der Waals surface area contributed by atoms with Gasteiger partial charge in [-0.3, -0.25) is 4.79 Å². The molecule has 1 amide bonds. The molecule has 170 valence electrons. The number of carbonyl (C=O) groups excluding carboxylic acids is 1. The zero-order valence-corrected chi connectivity index (χ0v) is 20.2. The Bertz CT molecular complexity index is 1310. The number of aromatic nitrogens is 1. The van der Waals surface area contributed by atoms with Gasteiger partial charge in [0.1, 0.15) is 0 Å². The normalized spacial score (nSPS) is 20.7. The molecule has 1 aromatic heterocycles. The van der Waals surface area contributed by atoms with Gasteiger partial charge in [0, 0.05) is 25.2 Å². The van der Waals surface area contributed by atoms with Crippen molar-refractivity contribution in [2.75, 3.05) is 13.1 Å². The van der Waals surface area contributed by atoms with E-state index in [1.807, 2.05) is 44.4 Å². The largest absolute Gasteiger partial charge is 0.373 e. The van der Waals surface area contributed by atoms with Gasteiger partial charge in [-0.15, -0.1) is 0 Å². The Morgan fingerprint density at radius 3 is 2.41 bits per heavy atom. The second-order valence-electron chi connectivity index (χ2n) is 8.12. The topological polar surface area (TPSA) is 81.0 Å². The van der Waals surface area contributed by atoms with Gasteiger partial charge >= 0.3 is 0 Å². The summed E-state index contributed by atoms with van der Waals surface area (Å²) in [5.41, 5.74) is 2.55. The van der Waals surface area contributed by atoms with Gasteiger partial charge in [-0.2, -0.15) is 9.30 Å². The molecule has 1 aliphatic heterocycles. The van der Waals surface area contributed by atoms with Gasteiger partial charge in [-0.25, -0.2) is 8.42 Å². The maximum absolute atomic E-state index is 13.0. The number of nitrogens with zero attached hydrogens (tertiary/aromatic N) is 3. The van der Waals surface area contributed by atoms with Gasteiger partial charge in [0.15, 0.2) is 4.80 Å². The Kier molecular flexibility index (Phi) is 6.35. The zero-order chi connectivity index (χ0) is 23.0. The van der Waals surface area contributed by atoms with Crippen LogP contribution in [0.3, 0.4) is 0 Å². The molecular weight excluding hydrogens is 446 g/mol. The van der Waals surface area contributed by atoms with Crippen LogP contribution in [0.2, 0.25) is 0 Å². The lowest BCUT2D eigenvalue weighted by Gasteiger charge is -2.34. The molecular formula is C23H27N3O4S2. The van der Waals surface area contributed by atoms with Crippen molar-refractivity contribution in [3.63, 3.8) is 0 Å². The Balaban J connectivity index is 1.62. The van der Waals surface area contributed by atoms with Crippen LogP contribution in [0.25, 0.3) is 10.2 Å². The summed E-state index contributed by atoms with van der Waals surface area (Å²) in [5, 5.41) is 0. The third-order valence-electron chi connectivity index (χ3n) is 5.48. The number of fused-ring (bicyclic) bond motifs is 1. The number of sulfonamides is 1. The van der Waals surface area contributed by atoms with Gasteiger partial charge in [0.25, 0.3) is 5.91 Å². The fourth-order valence-electron chi connectivity index (χ4n) is 3.97. The Morgan fingerprint density at radius 2 is 1.78 bits per heavy atom. The predicted molar refractivity (Wildman–Crippen MR) is 125 cm³/mol. The molecule has 4 rings (SSSR count). The summed E-state index contributed by atoms with van der Waals surface area (Å²) in [5.74, 6) is -0.395. The van der Waals surface area contributed by atoms with Crippen molar-refractivity contribution >= 4 is 37.5 Å². The molecule has 0 saturated carbocycles. The summed E-state index contributed by atoms with van der Waals surface area (Å²) >= 11 is 1.47. The van der Waals surface area contributed by atoms with Gasteiger partial charge < -0.3 is 9.30 Å². The number of aryl methyl sites for hydroxylation is 2. The summed E-state index contributed by atoms with van der Waals surface area (Å²) < 4.78 is 36.2. The second-order valence-corrected chi connectivity index (χ2v) is 11.1. The van der Waals surface area contributed by atoms with E-state index in [4.69, 9.17) is 4.74 Å². The molecule has 0 spiro atoms. The quantitative estimate of drug-likeness (QED) is 0.580. The Hall–Kier alpha value is -2.33. The summed E-state index contributed by atoms with van der Waals surface area (Å²) in [6.07, 6.45) is -0.327. The number of carbonyl (C=O) groups is 1.